The minimum absolute atomic E-state index is 0.112. The average Bonchev–Trinajstić information content (AvgIpc) is 2.60. The first kappa shape index (κ1) is 8.79. The summed E-state index contributed by atoms with van der Waals surface area (Å²) in [7, 11) is 0.717. The van der Waals surface area contributed by atoms with E-state index >= 15 is 0 Å². The molecule has 0 bridgehead atoms. The van der Waals surface area contributed by atoms with Gasteiger partial charge in [0.1, 0.15) is 0 Å². The van der Waals surface area contributed by atoms with Crippen LogP contribution in [0.25, 0.3) is 0 Å². The van der Waals surface area contributed by atoms with Crippen molar-refractivity contribution in [3.05, 3.63) is 29.8 Å². The van der Waals surface area contributed by atoms with Gasteiger partial charge in [-0.3, -0.25) is 0 Å². The van der Waals surface area contributed by atoms with E-state index in [4.69, 9.17) is 10.4 Å². The Bertz CT molecular complexity index is 303. The topological polar surface area (TPSA) is 35.2 Å². The Morgan fingerprint density at radius 1 is 1.54 bits per heavy atom. The van der Waals surface area contributed by atoms with E-state index in [1.165, 1.54) is 11.0 Å². The molecule has 2 atom stereocenters. The number of nitrogens with two attached hydrogens (primary N) is 1. The van der Waals surface area contributed by atoms with Crippen LogP contribution in [0.3, 0.4) is 0 Å². The molecular formula is C10H14BNO. The molecule has 2 nitrogen and oxygen atoms in total. The maximum absolute atomic E-state index is 5.97. The predicted molar refractivity (Wildman–Crippen MR) is 55.3 cm³/mol. The van der Waals surface area contributed by atoms with Crippen molar-refractivity contribution < 1.29 is 4.65 Å². The minimum Gasteiger partial charge on any atom is -0.426 e. The molecule has 1 aromatic rings. The second-order valence-electron chi connectivity index (χ2n) is 3.50. The lowest BCUT2D eigenvalue weighted by Gasteiger charge is -2.18. The van der Waals surface area contributed by atoms with Gasteiger partial charge in [-0.25, -0.2) is 0 Å². The lowest BCUT2D eigenvalue weighted by atomic mass is 9.86. The van der Waals surface area contributed by atoms with Crippen molar-refractivity contribution in [3.8, 4) is 0 Å². The third kappa shape index (κ3) is 1.49. The van der Waals surface area contributed by atoms with Gasteiger partial charge >= 0.3 is 7.48 Å². The maximum Gasteiger partial charge on any atom is 0.309 e. The average molecular weight is 175 g/mol. The van der Waals surface area contributed by atoms with Gasteiger partial charge in [-0.15, -0.1) is 0 Å². The number of benzene rings is 1. The van der Waals surface area contributed by atoms with Gasteiger partial charge in [-0.2, -0.15) is 0 Å². The second-order valence-corrected chi connectivity index (χ2v) is 3.50. The summed E-state index contributed by atoms with van der Waals surface area (Å²) in [6, 6.07) is 8.44. The lowest BCUT2D eigenvalue weighted by Crippen LogP contribution is -2.27. The molecule has 0 fully saturated rings. The van der Waals surface area contributed by atoms with Crippen molar-refractivity contribution in [1.82, 2.24) is 0 Å². The van der Waals surface area contributed by atoms with Crippen LogP contribution >= 0.6 is 0 Å². The first-order chi connectivity index (χ1) is 6.33. The van der Waals surface area contributed by atoms with Crippen LogP contribution in [0.15, 0.2) is 24.3 Å². The molecule has 0 spiro atoms. The zero-order chi connectivity index (χ0) is 9.26. The van der Waals surface area contributed by atoms with Gasteiger partial charge in [0.25, 0.3) is 0 Å². The van der Waals surface area contributed by atoms with Gasteiger partial charge < -0.3 is 10.4 Å². The highest BCUT2D eigenvalue weighted by Crippen LogP contribution is 2.24. The van der Waals surface area contributed by atoms with Crippen molar-refractivity contribution in [2.45, 2.75) is 25.5 Å². The molecule has 13 heavy (non-hydrogen) atoms. The molecule has 0 radical (unpaired) electrons. The smallest absolute Gasteiger partial charge is 0.309 e. The summed E-state index contributed by atoms with van der Waals surface area (Å²) >= 11 is 0. The van der Waals surface area contributed by atoms with E-state index in [0.717, 1.165) is 6.42 Å². The first-order valence-electron chi connectivity index (χ1n) is 4.78. The molecule has 3 heteroatoms. The molecule has 2 N–H and O–H groups in total. The van der Waals surface area contributed by atoms with Crippen molar-refractivity contribution in [3.63, 3.8) is 0 Å². The Hall–Kier alpha value is -0.795. The van der Waals surface area contributed by atoms with Gasteiger partial charge in [0.05, 0.1) is 6.10 Å². The van der Waals surface area contributed by atoms with Crippen LogP contribution < -0.4 is 11.2 Å². The number of rotatable bonds is 2. The third-order valence-corrected chi connectivity index (χ3v) is 2.64. The van der Waals surface area contributed by atoms with Crippen LogP contribution in [-0.2, 0) is 4.65 Å². The SMILES string of the molecule is CCC(N)C1OBc2ccccc21. The van der Waals surface area contributed by atoms with E-state index in [0.29, 0.717) is 7.48 Å². The van der Waals surface area contributed by atoms with E-state index in [2.05, 4.69) is 19.1 Å². The summed E-state index contributed by atoms with van der Waals surface area (Å²) in [5.41, 5.74) is 8.53. The van der Waals surface area contributed by atoms with Crippen LogP contribution in [0.1, 0.15) is 25.0 Å². The molecule has 1 aliphatic rings. The van der Waals surface area contributed by atoms with Crippen molar-refractivity contribution in [1.29, 1.82) is 0 Å². The maximum atomic E-state index is 5.97. The molecule has 1 aromatic carbocycles. The van der Waals surface area contributed by atoms with Gasteiger partial charge in [0, 0.05) is 6.04 Å². The van der Waals surface area contributed by atoms with E-state index in [1.807, 2.05) is 12.1 Å². The highest BCUT2D eigenvalue weighted by molar-refractivity contribution is 6.49. The summed E-state index contributed by atoms with van der Waals surface area (Å²) in [6.45, 7) is 2.09. The van der Waals surface area contributed by atoms with Crippen molar-refractivity contribution in [2.75, 3.05) is 0 Å². The zero-order valence-electron chi connectivity index (χ0n) is 7.86. The Balaban J connectivity index is 2.28. The molecule has 2 unspecified atom stereocenters. The highest BCUT2D eigenvalue weighted by atomic mass is 16.4. The van der Waals surface area contributed by atoms with E-state index in [1.54, 1.807) is 0 Å². The number of fused-ring (bicyclic) bond motifs is 1. The highest BCUT2D eigenvalue weighted by Gasteiger charge is 2.27. The fourth-order valence-electron chi connectivity index (χ4n) is 1.78. The summed E-state index contributed by atoms with van der Waals surface area (Å²) in [4.78, 5) is 0. The van der Waals surface area contributed by atoms with Crippen molar-refractivity contribution >= 4 is 12.9 Å². The molecule has 0 aliphatic carbocycles. The van der Waals surface area contributed by atoms with E-state index < -0.39 is 0 Å². The van der Waals surface area contributed by atoms with Crippen LogP contribution in [0, 0.1) is 0 Å². The standard InChI is InChI=1S/C10H14BNO/c1-2-9(12)10-7-5-3-4-6-8(7)11-13-10/h3-6,9-11H,2,12H2,1H3. The number of hydrogen-bond acceptors (Lipinski definition) is 2. The fourth-order valence-corrected chi connectivity index (χ4v) is 1.78. The largest absolute Gasteiger partial charge is 0.426 e. The zero-order valence-corrected chi connectivity index (χ0v) is 7.86. The summed E-state index contributed by atoms with van der Waals surface area (Å²) < 4.78 is 5.65. The molecule has 0 aromatic heterocycles. The van der Waals surface area contributed by atoms with Gasteiger partial charge in [-0.1, -0.05) is 31.2 Å². The molecule has 0 amide bonds. The minimum atomic E-state index is 0.112. The quantitative estimate of drug-likeness (QED) is 0.663. The van der Waals surface area contributed by atoms with Crippen LogP contribution in [0.2, 0.25) is 0 Å². The van der Waals surface area contributed by atoms with Crippen LogP contribution in [0.5, 0.6) is 0 Å². The molecule has 2 rings (SSSR count). The fraction of sp³-hybridized carbons (Fsp3) is 0.400. The molecule has 0 saturated heterocycles. The molecule has 1 heterocycles. The monoisotopic (exact) mass is 175 g/mol. The van der Waals surface area contributed by atoms with Gasteiger partial charge in [0.15, 0.2) is 0 Å². The number of hydrogen-bond donors (Lipinski definition) is 1. The Morgan fingerprint density at radius 3 is 3.08 bits per heavy atom. The van der Waals surface area contributed by atoms with Crippen LogP contribution in [0.4, 0.5) is 0 Å². The van der Waals surface area contributed by atoms with Crippen molar-refractivity contribution in [2.24, 2.45) is 5.73 Å². The summed E-state index contributed by atoms with van der Waals surface area (Å²) in [5, 5.41) is 0. The molecular weight excluding hydrogens is 161 g/mol. The normalized spacial score (nSPS) is 22.2. The molecule has 1 aliphatic heterocycles. The van der Waals surface area contributed by atoms with Gasteiger partial charge in [0.2, 0.25) is 0 Å². The molecule has 68 valence electrons. The Labute approximate surface area is 79.4 Å². The second kappa shape index (κ2) is 3.52. The van der Waals surface area contributed by atoms with Gasteiger partial charge in [-0.05, 0) is 17.4 Å². The predicted octanol–water partition coefficient (Wildman–Crippen LogP) is 0.472. The molecule has 0 saturated carbocycles. The summed E-state index contributed by atoms with van der Waals surface area (Å²) in [6.07, 6.45) is 1.07. The third-order valence-electron chi connectivity index (χ3n) is 2.64. The van der Waals surface area contributed by atoms with E-state index in [9.17, 15) is 0 Å². The first-order valence-corrected chi connectivity index (χ1v) is 4.78. The Kier molecular flexibility index (Phi) is 2.38. The lowest BCUT2D eigenvalue weighted by molar-refractivity contribution is 0.195. The Morgan fingerprint density at radius 2 is 2.31 bits per heavy atom. The van der Waals surface area contributed by atoms with Crippen LogP contribution in [-0.4, -0.2) is 13.5 Å². The summed E-state index contributed by atoms with van der Waals surface area (Å²) in [5.74, 6) is 0. The van der Waals surface area contributed by atoms with E-state index in [-0.39, 0.29) is 12.1 Å².